The molecule has 9 heteroatoms. The van der Waals surface area contributed by atoms with Gasteiger partial charge in [-0.25, -0.2) is 4.98 Å². The molecule has 0 atom stereocenters. The normalized spacial score (nSPS) is 11.2. The minimum atomic E-state index is -4.89. The van der Waals surface area contributed by atoms with Crippen LogP contribution in [0.1, 0.15) is 5.56 Å². The van der Waals surface area contributed by atoms with Gasteiger partial charge in [0.1, 0.15) is 5.01 Å². The first-order valence-corrected chi connectivity index (χ1v) is 9.32. The number of aromatic nitrogens is 1. The van der Waals surface area contributed by atoms with Gasteiger partial charge in [-0.05, 0) is 23.8 Å². The van der Waals surface area contributed by atoms with E-state index in [1.807, 2.05) is 22.8 Å². The van der Waals surface area contributed by atoms with Crippen LogP contribution in [0.4, 0.5) is 13.2 Å². The van der Waals surface area contributed by atoms with Gasteiger partial charge in [0, 0.05) is 23.1 Å². The van der Waals surface area contributed by atoms with Gasteiger partial charge >= 0.3 is 12.1 Å². The van der Waals surface area contributed by atoms with Crippen LogP contribution in [0.15, 0.2) is 47.8 Å². The molecule has 0 aliphatic heterocycles. The molecule has 0 bridgehead atoms. The van der Waals surface area contributed by atoms with Crippen LogP contribution >= 0.6 is 11.3 Å². The van der Waals surface area contributed by atoms with Gasteiger partial charge in [-0.15, -0.1) is 11.3 Å². The maximum Gasteiger partial charge on any atom is 0.471 e. The van der Waals surface area contributed by atoms with Crippen LogP contribution in [0, 0.1) is 0 Å². The zero-order chi connectivity index (χ0) is 21.0. The lowest BCUT2D eigenvalue weighted by Gasteiger charge is -2.08. The Kier molecular flexibility index (Phi) is 6.07. The van der Waals surface area contributed by atoms with Crippen molar-refractivity contribution in [3.63, 3.8) is 0 Å². The number of benzene rings is 2. The molecule has 1 aromatic heterocycles. The lowest BCUT2D eigenvalue weighted by molar-refractivity contribution is -0.173. The fraction of sp³-hybridized carbons (Fsp3) is 0.200. The Balaban J connectivity index is 1.73. The van der Waals surface area contributed by atoms with Crippen LogP contribution in [-0.4, -0.2) is 31.3 Å². The fourth-order valence-electron chi connectivity index (χ4n) is 2.58. The van der Waals surface area contributed by atoms with Crippen LogP contribution in [0.5, 0.6) is 11.5 Å². The summed E-state index contributed by atoms with van der Waals surface area (Å²) in [6, 6.07) is 12.3. The third-order valence-electron chi connectivity index (χ3n) is 4.09. The minimum absolute atomic E-state index is 0.201. The molecule has 1 N–H and O–H groups in total. The van der Waals surface area contributed by atoms with Crippen molar-refractivity contribution in [2.45, 2.75) is 12.7 Å². The van der Waals surface area contributed by atoms with E-state index in [1.165, 1.54) is 11.3 Å². The summed E-state index contributed by atoms with van der Waals surface area (Å²) >= 11 is 1.45. The van der Waals surface area contributed by atoms with E-state index in [1.54, 1.807) is 44.6 Å². The second-order valence-electron chi connectivity index (χ2n) is 5.99. The summed E-state index contributed by atoms with van der Waals surface area (Å²) < 4.78 is 47.3. The summed E-state index contributed by atoms with van der Waals surface area (Å²) in [6.07, 6.45) is -4.89. The topological polar surface area (TPSA) is 60.5 Å². The third-order valence-corrected chi connectivity index (χ3v) is 4.99. The molecular weight excluding hydrogens is 405 g/mol. The monoisotopic (exact) mass is 422 g/mol. The Morgan fingerprint density at radius 3 is 2.31 bits per heavy atom. The van der Waals surface area contributed by atoms with Crippen LogP contribution in [0.2, 0.25) is 0 Å². The molecule has 5 nitrogen and oxygen atoms in total. The van der Waals surface area contributed by atoms with E-state index < -0.39 is 12.1 Å². The van der Waals surface area contributed by atoms with E-state index in [4.69, 9.17) is 9.47 Å². The number of methoxy groups -OCH3 is 2. The Labute approximate surface area is 169 Å². The molecule has 0 aliphatic carbocycles. The quantitative estimate of drug-likeness (QED) is 0.627. The Morgan fingerprint density at radius 2 is 1.69 bits per heavy atom. The van der Waals surface area contributed by atoms with Gasteiger partial charge in [0.15, 0.2) is 11.5 Å². The van der Waals surface area contributed by atoms with Crippen molar-refractivity contribution in [3.05, 3.63) is 53.4 Å². The molecule has 0 spiro atoms. The number of carbonyl (C=O) groups is 1. The number of rotatable bonds is 6. The smallest absolute Gasteiger partial charge is 0.471 e. The Morgan fingerprint density at radius 1 is 1.03 bits per heavy atom. The number of hydrogen-bond acceptors (Lipinski definition) is 5. The molecular formula is C20H17F3N2O3S. The van der Waals surface area contributed by atoms with Gasteiger partial charge in [-0.2, -0.15) is 13.2 Å². The van der Waals surface area contributed by atoms with E-state index in [-0.39, 0.29) is 6.54 Å². The van der Waals surface area contributed by atoms with Crippen molar-refractivity contribution in [3.8, 4) is 33.3 Å². The molecule has 0 radical (unpaired) electrons. The molecule has 3 rings (SSSR count). The summed E-state index contributed by atoms with van der Waals surface area (Å²) in [5, 5.41) is 4.52. The first-order chi connectivity index (χ1) is 13.8. The Bertz CT molecular complexity index is 1000. The maximum absolute atomic E-state index is 12.2. The highest BCUT2D eigenvalue weighted by molar-refractivity contribution is 7.13. The van der Waals surface area contributed by atoms with E-state index in [9.17, 15) is 18.0 Å². The van der Waals surface area contributed by atoms with Gasteiger partial charge in [-0.3, -0.25) is 4.79 Å². The van der Waals surface area contributed by atoms with Gasteiger partial charge in [0.05, 0.1) is 19.9 Å². The molecule has 1 amide bonds. The van der Waals surface area contributed by atoms with E-state index in [2.05, 4.69) is 4.98 Å². The molecule has 152 valence electrons. The van der Waals surface area contributed by atoms with Crippen LogP contribution in [-0.2, 0) is 11.3 Å². The molecule has 0 unspecified atom stereocenters. The third kappa shape index (κ3) is 4.86. The number of nitrogens with one attached hydrogen (secondary N) is 1. The average Bonchev–Trinajstić information content (AvgIpc) is 3.21. The highest BCUT2D eigenvalue weighted by Gasteiger charge is 2.38. The summed E-state index contributed by atoms with van der Waals surface area (Å²) in [5.41, 5.74) is 3.03. The standard InChI is InChI=1S/C20H17F3N2O3S/c1-27-16-8-7-14(9-17(16)28-2)15-11-29-18(25-15)13-5-3-12(4-6-13)10-24-19(26)20(21,22)23/h3-9,11H,10H2,1-2H3,(H,24,26). The molecule has 2 aromatic carbocycles. The minimum Gasteiger partial charge on any atom is -0.493 e. The van der Waals surface area contributed by atoms with Crippen molar-refractivity contribution in [2.75, 3.05) is 14.2 Å². The fourth-order valence-corrected chi connectivity index (χ4v) is 3.42. The average molecular weight is 422 g/mol. The van der Waals surface area contributed by atoms with Crippen molar-refractivity contribution in [2.24, 2.45) is 0 Å². The summed E-state index contributed by atoms with van der Waals surface area (Å²) in [6.45, 7) is -0.201. The van der Waals surface area contributed by atoms with Crippen molar-refractivity contribution < 1.29 is 27.4 Å². The SMILES string of the molecule is COc1ccc(-c2csc(-c3ccc(CNC(=O)C(F)(F)F)cc3)n2)cc1OC. The van der Waals surface area contributed by atoms with Crippen molar-refractivity contribution in [1.29, 1.82) is 0 Å². The molecule has 29 heavy (non-hydrogen) atoms. The maximum atomic E-state index is 12.2. The summed E-state index contributed by atoms with van der Waals surface area (Å²) in [7, 11) is 3.13. The van der Waals surface area contributed by atoms with E-state index >= 15 is 0 Å². The summed E-state index contributed by atoms with van der Waals surface area (Å²) in [4.78, 5) is 15.5. The molecule has 1 heterocycles. The molecule has 3 aromatic rings. The van der Waals surface area contributed by atoms with Gasteiger partial charge in [0.2, 0.25) is 0 Å². The number of carbonyl (C=O) groups excluding carboxylic acids is 1. The first-order valence-electron chi connectivity index (χ1n) is 8.44. The van der Waals surface area contributed by atoms with Gasteiger partial charge < -0.3 is 14.8 Å². The van der Waals surface area contributed by atoms with Crippen molar-refractivity contribution in [1.82, 2.24) is 10.3 Å². The van der Waals surface area contributed by atoms with Crippen LogP contribution < -0.4 is 14.8 Å². The number of thiazole rings is 1. The van der Waals surface area contributed by atoms with Gasteiger partial charge in [-0.1, -0.05) is 24.3 Å². The largest absolute Gasteiger partial charge is 0.493 e. The first kappa shape index (κ1) is 20.7. The van der Waals surface area contributed by atoms with Gasteiger partial charge in [0.25, 0.3) is 0 Å². The predicted octanol–water partition coefficient (Wildman–Crippen LogP) is 4.67. The predicted molar refractivity (Wildman–Crippen MR) is 104 cm³/mol. The summed E-state index contributed by atoms with van der Waals surface area (Å²) in [5.74, 6) is -0.731. The number of nitrogens with zero attached hydrogens (tertiary/aromatic N) is 1. The highest BCUT2D eigenvalue weighted by Crippen LogP contribution is 2.34. The lowest BCUT2D eigenvalue weighted by Crippen LogP contribution is -2.36. The number of hydrogen-bond donors (Lipinski definition) is 1. The van der Waals surface area contributed by atoms with Crippen LogP contribution in [0.25, 0.3) is 21.8 Å². The van der Waals surface area contributed by atoms with E-state index in [0.717, 1.165) is 21.8 Å². The number of amides is 1. The second kappa shape index (κ2) is 8.52. The molecule has 0 saturated carbocycles. The second-order valence-corrected chi connectivity index (χ2v) is 6.84. The van der Waals surface area contributed by atoms with E-state index in [0.29, 0.717) is 17.1 Å². The number of alkyl halides is 3. The van der Waals surface area contributed by atoms with Crippen LogP contribution in [0.3, 0.4) is 0 Å². The zero-order valence-corrected chi connectivity index (χ0v) is 16.4. The molecule has 0 saturated heterocycles. The Hall–Kier alpha value is -3.07. The molecule has 0 fully saturated rings. The number of halogens is 3. The molecule has 0 aliphatic rings. The number of ether oxygens (including phenoxy) is 2. The highest BCUT2D eigenvalue weighted by atomic mass is 32.1. The van der Waals surface area contributed by atoms with Crippen molar-refractivity contribution >= 4 is 17.2 Å². The zero-order valence-electron chi connectivity index (χ0n) is 15.5. The lowest BCUT2D eigenvalue weighted by atomic mass is 10.1.